The van der Waals surface area contributed by atoms with Crippen molar-refractivity contribution in [2.75, 3.05) is 13.1 Å². The lowest BCUT2D eigenvalue weighted by atomic mass is 9.76. The van der Waals surface area contributed by atoms with Crippen LogP contribution in [0.15, 0.2) is 5.11 Å². The fourth-order valence-corrected chi connectivity index (χ4v) is 2.50. The van der Waals surface area contributed by atoms with Gasteiger partial charge in [-0.2, -0.15) is 0 Å². The Morgan fingerprint density at radius 2 is 2.47 bits per heavy atom. The summed E-state index contributed by atoms with van der Waals surface area (Å²) in [6.45, 7) is 3.09. The highest BCUT2D eigenvalue weighted by Gasteiger charge is 2.41. The van der Waals surface area contributed by atoms with E-state index in [1.807, 2.05) is 0 Å². The maximum Gasteiger partial charge on any atom is 0.323 e. The predicted molar refractivity (Wildman–Crippen MR) is 64.6 cm³/mol. The number of carbonyl (C=O) groups is 1. The molecular weight excluding hydrogens is 220 g/mol. The summed E-state index contributed by atoms with van der Waals surface area (Å²) in [4.78, 5) is 14.1. The van der Waals surface area contributed by atoms with Crippen LogP contribution in [0.4, 0.5) is 0 Å². The first-order valence-electron chi connectivity index (χ1n) is 6.10. The van der Waals surface area contributed by atoms with Crippen molar-refractivity contribution in [2.24, 2.45) is 11.0 Å². The van der Waals surface area contributed by atoms with Crippen LogP contribution in [-0.2, 0) is 4.79 Å². The third-order valence-electron chi connectivity index (χ3n) is 3.37. The minimum Gasteiger partial charge on any atom is -0.480 e. The maximum absolute atomic E-state index is 11.4. The minimum atomic E-state index is -0.770. The molecular formula is C11H20N4O2. The number of nitrogens with zero attached hydrogens (tertiary/aromatic N) is 3. The van der Waals surface area contributed by atoms with E-state index in [1.54, 1.807) is 0 Å². The Morgan fingerprint density at radius 1 is 1.71 bits per heavy atom. The van der Waals surface area contributed by atoms with Crippen molar-refractivity contribution in [3.63, 3.8) is 0 Å². The lowest BCUT2D eigenvalue weighted by molar-refractivity contribution is -0.147. The molecule has 0 spiro atoms. The summed E-state index contributed by atoms with van der Waals surface area (Å²) < 4.78 is 0. The number of aliphatic carboxylic acids is 1. The molecule has 2 N–H and O–H groups in total. The molecule has 1 rings (SSSR count). The molecule has 1 fully saturated rings. The van der Waals surface area contributed by atoms with Gasteiger partial charge in [0.2, 0.25) is 0 Å². The normalized spacial score (nSPS) is 28.4. The summed E-state index contributed by atoms with van der Waals surface area (Å²) in [5.41, 5.74) is 7.36. The Balaban J connectivity index is 2.47. The van der Waals surface area contributed by atoms with Crippen LogP contribution in [0.3, 0.4) is 0 Å². The van der Waals surface area contributed by atoms with Gasteiger partial charge >= 0.3 is 5.97 Å². The number of hydrogen-bond acceptors (Lipinski definition) is 3. The van der Waals surface area contributed by atoms with Gasteiger partial charge in [0.25, 0.3) is 0 Å². The number of rotatable bonds is 6. The van der Waals surface area contributed by atoms with Crippen LogP contribution in [0.1, 0.15) is 39.0 Å². The first-order valence-corrected chi connectivity index (χ1v) is 6.10. The van der Waals surface area contributed by atoms with Crippen LogP contribution in [0.5, 0.6) is 0 Å². The lowest BCUT2D eigenvalue weighted by Crippen LogP contribution is -2.55. The van der Waals surface area contributed by atoms with E-state index in [2.05, 4.69) is 22.3 Å². The molecule has 96 valence electrons. The number of carboxylic acids is 1. The minimum absolute atomic E-state index is 0.411. The monoisotopic (exact) mass is 240 g/mol. The molecule has 6 nitrogen and oxygen atoms in total. The largest absolute Gasteiger partial charge is 0.480 e. The second-order valence-corrected chi connectivity index (χ2v) is 4.82. The zero-order valence-electron chi connectivity index (χ0n) is 10.2. The van der Waals surface area contributed by atoms with Crippen molar-refractivity contribution in [2.45, 2.75) is 44.6 Å². The molecule has 0 heterocycles. The molecule has 2 atom stereocenters. The first-order chi connectivity index (χ1) is 8.10. The third kappa shape index (κ3) is 3.91. The molecule has 2 unspecified atom stereocenters. The SMILES string of the molecule is CC1CCCC(NCCCN=[N+]=[N-])(C(=O)O)C1. The maximum atomic E-state index is 11.4. The fraction of sp³-hybridized carbons (Fsp3) is 0.909. The molecule has 1 aliphatic rings. The summed E-state index contributed by atoms with van der Waals surface area (Å²) in [5, 5.41) is 15.9. The summed E-state index contributed by atoms with van der Waals surface area (Å²) in [7, 11) is 0. The van der Waals surface area contributed by atoms with E-state index in [9.17, 15) is 9.90 Å². The van der Waals surface area contributed by atoms with E-state index in [4.69, 9.17) is 5.53 Å². The fourth-order valence-electron chi connectivity index (χ4n) is 2.50. The van der Waals surface area contributed by atoms with Gasteiger partial charge in [0.15, 0.2) is 0 Å². The van der Waals surface area contributed by atoms with Crippen molar-refractivity contribution in [3.05, 3.63) is 10.4 Å². The number of hydrogen-bond donors (Lipinski definition) is 2. The average Bonchev–Trinajstić information content (AvgIpc) is 2.28. The van der Waals surface area contributed by atoms with Gasteiger partial charge in [0, 0.05) is 11.5 Å². The molecule has 17 heavy (non-hydrogen) atoms. The topological polar surface area (TPSA) is 98.1 Å². The zero-order valence-corrected chi connectivity index (χ0v) is 10.2. The number of azide groups is 1. The summed E-state index contributed by atoms with van der Waals surface area (Å²) in [5.74, 6) is -0.308. The molecule has 0 aliphatic heterocycles. The molecule has 1 saturated carbocycles. The first kappa shape index (κ1) is 13.8. The average molecular weight is 240 g/mol. The van der Waals surface area contributed by atoms with E-state index in [1.165, 1.54) is 0 Å². The van der Waals surface area contributed by atoms with Crippen LogP contribution in [0.25, 0.3) is 10.4 Å². The highest BCUT2D eigenvalue weighted by Crippen LogP contribution is 2.32. The van der Waals surface area contributed by atoms with Crippen LogP contribution in [0, 0.1) is 5.92 Å². The molecule has 0 aromatic carbocycles. The van der Waals surface area contributed by atoms with Crippen molar-refractivity contribution in [3.8, 4) is 0 Å². The second-order valence-electron chi connectivity index (χ2n) is 4.82. The van der Waals surface area contributed by atoms with Gasteiger partial charge < -0.3 is 10.4 Å². The Morgan fingerprint density at radius 3 is 3.06 bits per heavy atom. The van der Waals surface area contributed by atoms with Crippen LogP contribution in [-0.4, -0.2) is 29.7 Å². The molecule has 0 amide bonds. The number of carboxylic acid groups (broad SMARTS) is 1. The van der Waals surface area contributed by atoms with Gasteiger partial charge in [-0.15, -0.1) is 0 Å². The van der Waals surface area contributed by atoms with E-state index >= 15 is 0 Å². The molecule has 0 aromatic heterocycles. The van der Waals surface area contributed by atoms with Crippen molar-refractivity contribution >= 4 is 5.97 Å². The van der Waals surface area contributed by atoms with Crippen molar-refractivity contribution in [1.82, 2.24) is 5.32 Å². The highest BCUT2D eigenvalue weighted by molar-refractivity contribution is 5.79. The number of nitrogens with one attached hydrogen (secondary N) is 1. The van der Waals surface area contributed by atoms with Crippen LogP contribution < -0.4 is 5.32 Å². The lowest BCUT2D eigenvalue weighted by Gasteiger charge is -2.37. The molecule has 0 saturated heterocycles. The van der Waals surface area contributed by atoms with Crippen molar-refractivity contribution in [1.29, 1.82) is 0 Å². The summed E-state index contributed by atoms with van der Waals surface area (Å²) in [6.07, 6.45) is 4.11. The van der Waals surface area contributed by atoms with E-state index in [0.29, 0.717) is 38.3 Å². The van der Waals surface area contributed by atoms with Gasteiger partial charge in [-0.05, 0) is 37.3 Å². The molecule has 1 aliphatic carbocycles. The highest BCUT2D eigenvalue weighted by atomic mass is 16.4. The van der Waals surface area contributed by atoms with Gasteiger partial charge in [0.05, 0.1) is 0 Å². The summed E-state index contributed by atoms with van der Waals surface area (Å²) in [6, 6.07) is 0. The molecule has 0 bridgehead atoms. The van der Waals surface area contributed by atoms with Gasteiger partial charge in [-0.1, -0.05) is 24.9 Å². The molecule has 0 aromatic rings. The van der Waals surface area contributed by atoms with Gasteiger partial charge in [-0.3, -0.25) is 4.79 Å². The Labute approximate surface area is 101 Å². The van der Waals surface area contributed by atoms with E-state index in [0.717, 1.165) is 12.8 Å². The zero-order chi connectivity index (χ0) is 12.7. The van der Waals surface area contributed by atoms with Crippen LogP contribution >= 0.6 is 0 Å². The standard InChI is InChI=1S/C11H20N4O2/c1-9-4-2-5-11(8-9,10(16)17)13-6-3-7-14-15-12/h9,13H,2-8H2,1H3,(H,16,17). The van der Waals surface area contributed by atoms with Gasteiger partial charge in [-0.25, -0.2) is 0 Å². The Hall–Kier alpha value is -1.26. The van der Waals surface area contributed by atoms with E-state index in [-0.39, 0.29) is 0 Å². The summed E-state index contributed by atoms with van der Waals surface area (Å²) >= 11 is 0. The van der Waals surface area contributed by atoms with Crippen LogP contribution in [0.2, 0.25) is 0 Å². The van der Waals surface area contributed by atoms with Crippen molar-refractivity contribution < 1.29 is 9.90 Å². The molecule has 6 heteroatoms. The smallest absolute Gasteiger partial charge is 0.323 e. The Kier molecular flexibility index (Phi) is 5.25. The quantitative estimate of drug-likeness (QED) is 0.322. The Bertz CT molecular complexity index is 315. The van der Waals surface area contributed by atoms with Gasteiger partial charge in [0.1, 0.15) is 5.54 Å². The predicted octanol–water partition coefficient (Wildman–Crippen LogP) is 2.31. The molecule has 0 radical (unpaired) electrons. The second kappa shape index (κ2) is 6.47. The van der Waals surface area contributed by atoms with E-state index < -0.39 is 11.5 Å². The third-order valence-corrected chi connectivity index (χ3v) is 3.37.